The third-order valence-electron chi connectivity index (χ3n) is 5.29. The van der Waals surface area contributed by atoms with Gasteiger partial charge in [0.1, 0.15) is 11.3 Å². The first-order chi connectivity index (χ1) is 14.7. The van der Waals surface area contributed by atoms with Gasteiger partial charge in [-0.25, -0.2) is 9.07 Å². The quantitative estimate of drug-likeness (QED) is 0.505. The van der Waals surface area contributed by atoms with E-state index < -0.39 is 0 Å². The summed E-state index contributed by atoms with van der Waals surface area (Å²) in [5.41, 5.74) is 2.91. The maximum atomic E-state index is 13.1. The number of aryl methyl sites for hydroxylation is 1. The number of carbonyl (C=O) groups is 1. The Kier molecular flexibility index (Phi) is 4.70. The normalized spacial score (nSPS) is 14.0. The molecule has 5 rings (SSSR count). The Hall–Kier alpha value is -3.62. The highest BCUT2D eigenvalue weighted by molar-refractivity contribution is 5.80. The van der Waals surface area contributed by atoms with Gasteiger partial charge < -0.3 is 9.42 Å². The molecule has 9 heteroatoms. The topological polar surface area (TPSA) is 89.9 Å². The van der Waals surface area contributed by atoms with Crippen molar-refractivity contribution in [1.82, 2.24) is 30.0 Å². The van der Waals surface area contributed by atoms with Crippen LogP contribution in [0.15, 0.2) is 47.0 Å². The Morgan fingerprint density at radius 3 is 2.63 bits per heavy atom. The van der Waals surface area contributed by atoms with E-state index in [9.17, 15) is 9.18 Å². The van der Waals surface area contributed by atoms with E-state index in [1.807, 2.05) is 23.1 Å². The first kappa shape index (κ1) is 18.4. The number of amides is 1. The van der Waals surface area contributed by atoms with Crippen molar-refractivity contribution in [3.63, 3.8) is 0 Å². The average Bonchev–Trinajstić information content (AvgIpc) is 3.53. The Morgan fingerprint density at radius 2 is 1.83 bits per heavy atom. The SMILES string of the molecule is O=C(CCn1nnc2cc(-c3noc(-c4ccc(F)cc4)n3)ccc21)N1CCCC1. The van der Waals surface area contributed by atoms with Gasteiger partial charge in [-0.15, -0.1) is 5.10 Å². The molecule has 1 aliphatic heterocycles. The lowest BCUT2D eigenvalue weighted by atomic mass is 10.2. The molecule has 8 nitrogen and oxygen atoms in total. The molecule has 0 saturated carbocycles. The molecule has 0 N–H and O–H groups in total. The summed E-state index contributed by atoms with van der Waals surface area (Å²) in [4.78, 5) is 18.6. The van der Waals surface area contributed by atoms with E-state index in [2.05, 4.69) is 20.5 Å². The standard InChI is InChI=1S/C21H19FN6O2/c22-16-6-3-14(4-7-16)21-23-20(25-30-21)15-5-8-18-17(13-15)24-26-28(18)12-9-19(29)27-10-1-2-11-27/h3-8,13H,1-2,9-12H2. The zero-order valence-corrected chi connectivity index (χ0v) is 16.2. The lowest BCUT2D eigenvalue weighted by Gasteiger charge is -2.14. The first-order valence-corrected chi connectivity index (χ1v) is 9.88. The summed E-state index contributed by atoms with van der Waals surface area (Å²) in [6, 6.07) is 11.5. The molecule has 1 aliphatic rings. The number of fused-ring (bicyclic) bond motifs is 1. The van der Waals surface area contributed by atoms with Crippen molar-refractivity contribution in [1.29, 1.82) is 0 Å². The first-order valence-electron chi connectivity index (χ1n) is 9.88. The number of carbonyl (C=O) groups excluding carboxylic acids is 1. The average molecular weight is 406 g/mol. The summed E-state index contributed by atoms with van der Waals surface area (Å²) in [7, 11) is 0. The second-order valence-electron chi connectivity index (χ2n) is 7.28. The fourth-order valence-electron chi connectivity index (χ4n) is 3.65. The molecule has 0 spiro atoms. The van der Waals surface area contributed by atoms with Gasteiger partial charge in [-0.3, -0.25) is 4.79 Å². The largest absolute Gasteiger partial charge is 0.343 e. The molecule has 1 fully saturated rings. The predicted molar refractivity (Wildman–Crippen MR) is 107 cm³/mol. The van der Waals surface area contributed by atoms with Gasteiger partial charge in [0.05, 0.1) is 12.1 Å². The summed E-state index contributed by atoms with van der Waals surface area (Å²) in [5, 5.41) is 12.4. The highest BCUT2D eigenvalue weighted by Gasteiger charge is 2.18. The van der Waals surface area contributed by atoms with Gasteiger partial charge in [0.25, 0.3) is 5.89 Å². The summed E-state index contributed by atoms with van der Waals surface area (Å²) < 4.78 is 20.2. The van der Waals surface area contributed by atoms with Gasteiger partial charge in [-0.05, 0) is 55.3 Å². The van der Waals surface area contributed by atoms with Crippen LogP contribution in [0.3, 0.4) is 0 Å². The smallest absolute Gasteiger partial charge is 0.258 e. The third-order valence-corrected chi connectivity index (χ3v) is 5.29. The maximum Gasteiger partial charge on any atom is 0.258 e. The number of hydrogen-bond donors (Lipinski definition) is 0. The van der Waals surface area contributed by atoms with E-state index in [4.69, 9.17) is 4.52 Å². The van der Waals surface area contributed by atoms with Gasteiger partial charge >= 0.3 is 0 Å². The van der Waals surface area contributed by atoms with Crippen LogP contribution in [0, 0.1) is 5.82 Å². The van der Waals surface area contributed by atoms with E-state index in [-0.39, 0.29) is 11.7 Å². The lowest BCUT2D eigenvalue weighted by molar-refractivity contribution is -0.130. The Morgan fingerprint density at radius 1 is 1.07 bits per heavy atom. The maximum absolute atomic E-state index is 13.1. The van der Waals surface area contributed by atoms with Crippen molar-refractivity contribution < 1.29 is 13.7 Å². The lowest BCUT2D eigenvalue weighted by Crippen LogP contribution is -2.28. The highest BCUT2D eigenvalue weighted by Crippen LogP contribution is 2.25. The molecule has 152 valence electrons. The van der Waals surface area contributed by atoms with Crippen molar-refractivity contribution in [2.75, 3.05) is 13.1 Å². The Bertz CT molecular complexity index is 1190. The monoisotopic (exact) mass is 406 g/mol. The second kappa shape index (κ2) is 7.66. The predicted octanol–water partition coefficient (Wildman–Crippen LogP) is 3.30. The van der Waals surface area contributed by atoms with Crippen LogP contribution in [0.1, 0.15) is 19.3 Å². The molecule has 30 heavy (non-hydrogen) atoms. The molecule has 0 unspecified atom stereocenters. The van der Waals surface area contributed by atoms with Crippen LogP contribution in [0.5, 0.6) is 0 Å². The van der Waals surface area contributed by atoms with Crippen molar-refractivity contribution in [2.24, 2.45) is 0 Å². The molecule has 4 aromatic rings. The second-order valence-corrected chi connectivity index (χ2v) is 7.28. The number of hydrogen-bond acceptors (Lipinski definition) is 6. The number of benzene rings is 2. The molecule has 0 radical (unpaired) electrons. The molecule has 3 heterocycles. The van der Waals surface area contributed by atoms with Gasteiger partial charge in [-0.2, -0.15) is 4.98 Å². The number of aromatic nitrogens is 5. The van der Waals surface area contributed by atoms with Crippen LogP contribution >= 0.6 is 0 Å². The highest BCUT2D eigenvalue weighted by atomic mass is 19.1. The van der Waals surface area contributed by atoms with Crippen molar-refractivity contribution in [3.05, 3.63) is 48.3 Å². The zero-order valence-electron chi connectivity index (χ0n) is 16.2. The van der Waals surface area contributed by atoms with Crippen LogP contribution < -0.4 is 0 Å². The third kappa shape index (κ3) is 3.54. The molecule has 0 aliphatic carbocycles. The summed E-state index contributed by atoms with van der Waals surface area (Å²) >= 11 is 0. The van der Waals surface area contributed by atoms with E-state index in [1.54, 1.807) is 16.8 Å². The molecule has 2 aromatic carbocycles. The minimum absolute atomic E-state index is 0.160. The number of rotatable bonds is 5. The van der Waals surface area contributed by atoms with E-state index in [0.717, 1.165) is 37.0 Å². The molecular formula is C21H19FN6O2. The van der Waals surface area contributed by atoms with Crippen LogP contribution in [-0.2, 0) is 11.3 Å². The molecule has 0 atom stereocenters. The molecule has 0 bridgehead atoms. The number of halogens is 1. The minimum Gasteiger partial charge on any atom is -0.343 e. The van der Waals surface area contributed by atoms with Crippen LogP contribution in [0.25, 0.3) is 33.9 Å². The van der Waals surface area contributed by atoms with Crippen LogP contribution in [0.4, 0.5) is 4.39 Å². The fraction of sp³-hybridized carbons (Fsp3) is 0.286. The molecule has 1 amide bonds. The molecule has 1 saturated heterocycles. The van der Waals surface area contributed by atoms with Crippen LogP contribution in [-0.4, -0.2) is 49.0 Å². The van der Waals surface area contributed by atoms with Gasteiger partial charge in [0, 0.05) is 30.6 Å². The summed E-state index contributed by atoms with van der Waals surface area (Å²) in [5.74, 6) is 0.561. The van der Waals surface area contributed by atoms with Crippen LogP contribution in [0.2, 0.25) is 0 Å². The Balaban J connectivity index is 1.33. The van der Waals surface area contributed by atoms with Gasteiger partial charge in [0.2, 0.25) is 11.7 Å². The van der Waals surface area contributed by atoms with Crippen molar-refractivity contribution >= 4 is 16.9 Å². The van der Waals surface area contributed by atoms with E-state index in [1.165, 1.54) is 12.1 Å². The number of nitrogens with zero attached hydrogens (tertiary/aromatic N) is 6. The van der Waals surface area contributed by atoms with Gasteiger partial charge in [-0.1, -0.05) is 10.4 Å². The summed E-state index contributed by atoms with van der Waals surface area (Å²) in [6.07, 6.45) is 2.57. The van der Waals surface area contributed by atoms with Crippen molar-refractivity contribution in [3.8, 4) is 22.8 Å². The zero-order chi connectivity index (χ0) is 20.5. The minimum atomic E-state index is -0.325. The van der Waals surface area contributed by atoms with Crippen molar-refractivity contribution in [2.45, 2.75) is 25.8 Å². The van der Waals surface area contributed by atoms with E-state index >= 15 is 0 Å². The Labute approximate surface area is 171 Å². The molecule has 2 aromatic heterocycles. The number of likely N-dealkylation sites (tertiary alicyclic amines) is 1. The summed E-state index contributed by atoms with van der Waals surface area (Å²) in [6.45, 7) is 2.19. The fourth-order valence-corrected chi connectivity index (χ4v) is 3.65. The molecular weight excluding hydrogens is 387 g/mol. The van der Waals surface area contributed by atoms with Gasteiger partial charge in [0.15, 0.2) is 0 Å². The van der Waals surface area contributed by atoms with E-state index in [0.29, 0.717) is 35.8 Å².